The molecule has 0 spiro atoms. The van der Waals surface area contributed by atoms with Crippen LogP contribution in [0.25, 0.3) is 0 Å². The molecular formula is C37H69ClO4. The highest BCUT2D eigenvalue weighted by Crippen LogP contribution is 2.14. The van der Waals surface area contributed by atoms with Crippen LogP contribution in [0.5, 0.6) is 0 Å². The van der Waals surface area contributed by atoms with Gasteiger partial charge in [0.25, 0.3) is 0 Å². The van der Waals surface area contributed by atoms with Gasteiger partial charge in [-0.2, -0.15) is 0 Å². The number of carbonyl (C=O) groups is 2. The number of esters is 2. The molecule has 0 heterocycles. The van der Waals surface area contributed by atoms with Gasteiger partial charge in [-0.05, 0) is 38.5 Å². The van der Waals surface area contributed by atoms with Gasteiger partial charge in [0.1, 0.15) is 12.7 Å². The van der Waals surface area contributed by atoms with Gasteiger partial charge in [0, 0.05) is 12.8 Å². The molecule has 42 heavy (non-hydrogen) atoms. The van der Waals surface area contributed by atoms with E-state index in [-0.39, 0.29) is 24.4 Å². The lowest BCUT2D eigenvalue weighted by atomic mass is 10.0. The zero-order valence-corrected chi connectivity index (χ0v) is 28.7. The van der Waals surface area contributed by atoms with Crippen molar-refractivity contribution in [3.8, 4) is 0 Å². The van der Waals surface area contributed by atoms with E-state index in [0.717, 1.165) is 38.5 Å². The van der Waals surface area contributed by atoms with Crippen molar-refractivity contribution in [2.24, 2.45) is 0 Å². The minimum atomic E-state index is -0.556. The van der Waals surface area contributed by atoms with Gasteiger partial charge in [0.15, 0.2) is 0 Å². The van der Waals surface area contributed by atoms with Crippen LogP contribution in [0.3, 0.4) is 0 Å². The molecule has 0 saturated carbocycles. The lowest BCUT2D eigenvalue weighted by molar-refractivity contribution is -0.157. The van der Waals surface area contributed by atoms with Gasteiger partial charge < -0.3 is 9.47 Å². The van der Waals surface area contributed by atoms with Crippen LogP contribution in [0, 0.1) is 0 Å². The van der Waals surface area contributed by atoms with Crippen LogP contribution in [0.1, 0.15) is 194 Å². The van der Waals surface area contributed by atoms with E-state index >= 15 is 0 Å². The molecule has 0 rings (SSSR count). The van der Waals surface area contributed by atoms with E-state index < -0.39 is 6.10 Å². The van der Waals surface area contributed by atoms with Crippen molar-refractivity contribution in [3.05, 3.63) is 12.2 Å². The molecule has 0 aromatic rings. The largest absolute Gasteiger partial charge is 0.462 e. The number of ether oxygens (including phenoxy) is 2. The van der Waals surface area contributed by atoms with Gasteiger partial charge in [0.05, 0.1) is 5.88 Å². The number of allylic oxidation sites excluding steroid dienone is 2. The summed E-state index contributed by atoms with van der Waals surface area (Å²) in [5.74, 6) is -0.322. The van der Waals surface area contributed by atoms with Crippen molar-refractivity contribution in [2.75, 3.05) is 12.5 Å². The Labute approximate surface area is 266 Å². The fourth-order valence-electron chi connectivity index (χ4n) is 5.24. The highest BCUT2D eigenvalue weighted by atomic mass is 35.5. The maximum atomic E-state index is 12.2. The highest BCUT2D eigenvalue weighted by Gasteiger charge is 2.16. The highest BCUT2D eigenvalue weighted by molar-refractivity contribution is 6.18. The van der Waals surface area contributed by atoms with E-state index in [1.807, 2.05) is 0 Å². The fraction of sp³-hybridized carbons (Fsp3) is 0.892. The number of unbranched alkanes of at least 4 members (excludes halogenated alkanes) is 23. The first kappa shape index (κ1) is 41.0. The van der Waals surface area contributed by atoms with E-state index in [1.165, 1.54) is 128 Å². The van der Waals surface area contributed by atoms with Crippen molar-refractivity contribution in [3.63, 3.8) is 0 Å². The quantitative estimate of drug-likeness (QED) is 0.0320. The number of alkyl halides is 1. The van der Waals surface area contributed by atoms with E-state index in [4.69, 9.17) is 21.1 Å². The second kappa shape index (κ2) is 34.5. The Balaban J connectivity index is 3.55. The Morgan fingerprint density at radius 2 is 0.881 bits per heavy atom. The fourth-order valence-corrected chi connectivity index (χ4v) is 5.39. The molecule has 0 aliphatic rings. The third kappa shape index (κ3) is 31.9. The molecule has 0 aromatic heterocycles. The molecule has 1 atom stereocenters. The minimum absolute atomic E-state index is 0.0533. The summed E-state index contributed by atoms with van der Waals surface area (Å²) in [5, 5.41) is 0. The first-order chi connectivity index (χ1) is 20.6. The van der Waals surface area contributed by atoms with Gasteiger partial charge >= 0.3 is 11.9 Å². The van der Waals surface area contributed by atoms with Gasteiger partial charge in [-0.1, -0.05) is 154 Å². The molecule has 0 aliphatic heterocycles. The van der Waals surface area contributed by atoms with Gasteiger partial charge in [-0.15, -0.1) is 11.6 Å². The third-order valence-corrected chi connectivity index (χ3v) is 8.37. The van der Waals surface area contributed by atoms with Crippen molar-refractivity contribution >= 4 is 23.5 Å². The average molecular weight is 613 g/mol. The zero-order chi connectivity index (χ0) is 30.8. The van der Waals surface area contributed by atoms with E-state index in [0.29, 0.717) is 12.8 Å². The summed E-state index contributed by atoms with van der Waals surface area (Å²) in [6.45, 7) is 4.58. The second-order valence-corrected chi connectivity index (χ2v) is 12.6. The number of carbonyl (C=O) groups excluding carboxylic acids is 2. The van der Waals surface area contributed by atoms with Crippen LogP contribution < -0.4 is 0 Å². The number of halogens is 1. The van der Waals surface area contributed by atoms with Crippen LogP contribution in [0.15, 0.2) is 12.2 Å². The number of rotatable bonds is 33. The van der Waals surface area contributed by atoms with Gasteiger partial charge in [-0.3, -0.25) is 9.59 Å². The lowest BCUT2D eigenvalue weighted by Crippen LogP contribution is -2.26. The molecule has 4 nitrogen and oxygen atoms in total. The first-order valence-corrected chi connectivity index (χ1v) is 18.7. The second-order valence-electron chi connectivity index (χ2n) is 12.3. The molecule has 0 amide bonds. The Hall–Kier alpha value is -1.03. The van der Waals surface area contributed by atoms with E-state index in [9.17, 15) is 9.59 Å². The van der Waals surface area contributed by atoms with Crippen molar-refractivity contribution < 1.29 is 19.1 Å². The van der Waals surface area contributed by atoms with Crippen molar-refractivity contribution in [1.29, 1.82) is 0 Å². The van der Waals surface area contributed by atoms with E-state index in [2.05, 4.69) is 26.0 Å². The molecule has 5 heteroatoms. The Bertz CT molecular complexity index is 607. The SMILES string of the molecule is CCCCCCCC/C=C/CCCCCCCC(=O)OC[C@@H](CCl)OC(=O)CCCCCCCCCCCCCCC. The summed E-state index contributed by atoms with van der Waals surface area (Å²) in [5.41, 5.74) is 0. The van der Waals surface area contributed by atoms with Crippen LogP contribution in [-0.4, -0.2) is 30.5 Å². The summed E-state index contributed by atoms with van der Waals surface area (Å²) in [6, 6.07) is 0. The molecule has 0 fully saturated rings. The van der Waals surface area contributed by atoms with Crippen molar-refractivity contribution in [2.45, 2.75) is 200 Å². The summed E-state index contributed by atoms with van der Waals surface area (Å²) in [7, 11) is 0. The molecule has 0 radical (unpaired) electrons. The summed E-state index contributed by atoms with van der Waals surface area (Å²) < 4.78 is 10.8. The van der Waals surface area contributed by atoms with Gasteiger partial charge in [0.2, 0.25) is 0 Å². The Morgan fingerprint density at radius 3 is 1.29 bits per heavy atom. The maximum Gasteiger partial charge on any atom is 0.306 e. The molecule has 0 N–H and O–H groups in total. The minimum Gasteiger partial charge on any atom is -0.462 e. The number of hydrogen-bond donors (Lipinski definition) is 0. The normalized spacial score (nSPS) is 12.2. The van der Waals surface area contributed by atoms with Crippen LogP contribution in [-0.2, 0) is 19.1 Å². The van der Waals surface area contributed by atoms with Crippen molar-refractivity contribution in [1.82, 2.24) is 0 Å². The average Bonchev–Trinajstić information content (AvgIpc) is 2.99. The van der Waals surface area contributed by atoms with Crippen LogP contribution >= 0.6 is 11.6 Å². The standard InChI is InChI=1S/C37H69ClO4/c1-3-5-7-9-11-13-15-17-18-20-21-23-25-27-29-31-36(39)41-34-35(33-38)42-37(40)32-30-28-26-24-22-19-16-14-12-10-8-6-4-2/h17-18,35H,3-16,19-34H2,1-2H3/b18-17+/t35-/m1/s1. The topological polar surface area (TPSA) is 52.6 Å². The summed E-state index contributed by atoms with van der Waals surface area (Å²) >= 11 is 5.95. The molecule has 0 aliphatic carbocycles. The van der Waals surface area contributed by atoms with Crippen LogP contribution in [0.2, 0.25) is 0 Å². The third-order valence-electron chi connectivity index (χ3n) is 8.03. The summed E-state index contributed by atoms with van der Waals surface area (Å²) in [4.78, 5) is 24.2. The predicted molar refractivity (Wildman–Crippen MR) is 181 cm³/mol. The molecular weight excluding hydrogens is 544 g/mol. The van der Waals surface area contributed by atoms with Crippen LogP contribution in [0.4, 0.5) is 0 Å². The predicted octanol–water partition coefficient (Wildman–Crippen LogP) is 12.2. The monoisotopic (exact) mass is 612 g/mol. The number of hydrogen-bond acceptors (Lipinski definition) is 4. The molecule has 0 saturated heterocycles. The zero-order valence-electron chi connectivity index (χ0n) is 28.0. The van der Waals surface area contributed by atoms with E-state index in [1.54, 1.807) is 0 Å². The smallest absolute Gasteiger partial charge is 0.306 e. The molecule has 0 aromatic carbocycles. The Morgan fingerprint density at radius 1 is 0.524 bits per heavy atom. The summed E-state index contributed by atoms with van der Waals surface area (Å²) in [6.07, 6.45) is 37.6. The molecule has 0 bridgehead atoms. The van der Waals surface area contributed by atoms with Gasteiger partial charge in [-0.25, -0.2) is 0 Å². The molecule has 248 valence electrons. The maximum absolute atomic E-state index is 12.2. The molecule has 0 unspecified atom stereocenters. The lowest BCUT2D eigenvalue weighted by Gasteiger charge is -2.15. The first-order valence-electron chi connectivity index (χ1n) is 18.2. The Kier molecular flexibility index (Phi) is 33.6.